The highest BCUT2D eigenvalue weighted by Gasteiger charge is 2.29. The van der Waals surface area contributed by atoms with Crippen LogP contribution in [0.2, 0.25) is 0 Å². The van der Waals surface area contributed by atoms with Crippen LogP contribution in [0, 0.1) is 5.82 Å². The summed E-state index contributed by atoms with van der Waals surface area (Å²) in [5.41, 5.74) is 7.15. The van der Waals surface area contributed by atoms with Crippen LogP contribution in [0.1, 0.15) is 28.5 Å². The Morgan fingerprint density at radius 2 is 2.33 bits per heavy atom. The van der Waals surface area contributed by atoms with E-state index >= 15 is 0 Å². The van der Waals surface area contributed by atoms with Crippen LogP contribution in [-0.2, 0) is 11.3 Å². The van der Waals surface area contributed by atoms with Crippen LogP contribution < -0.4 is 15.8 Å². The highest BCUT2D eigenvalue weighted by Crippen LogP contribution is 2.40. The number of nitrogens with one attached hydrogen (secondary N) is 1. The lowest BCUT2D eigenvalue weighted by Gasteiger charge is -2.17. The number of rotatable bonds is 2. The number of anilines is 1. The molecule has 1 atom stereocenters. The summed E-state index contributed by atoms with van der Waals surface area (Å²) in [7, 11) is 1.52. The number of nitrogens with zero attached hydrogens (tertiary/aromatic N) is 1. The van der Waals surface area contributed by atoms with E-state index in [1.54, 1.807) is 6.07 Å². The molecule has 1 amide bonds. The Bertz CT molecular complexity index is 702. The van der Waals surface area contributed by atoms with Crippen LogP contribution in [0.15, 0.2) is 18.2 Å². The molecule has 5 nitrogen and oxygen atoms in total. The maximum atomic E-state index is 13.6. The maximum absolute atomic E-state index is 13.6. The molecular weight excluding hydrogens is 293 g/mol. The number of nitrogens with two attached hydrogens (primary N) is 1. The molecule has 3 rings (SSSR count). The largest absolute Gasteiger partial charge is 0.496 e. The van der Waals surface area contributed by atoms with Crippen LogP contribution in [0.4, 0.5) is 9.52 Å². The minimum atomic E-state index is -0.366. The minimum absolute atomic E-state index is 0.102. The number of hydrogen-bond acceptors (Lipinski definition) is 5. The fourth-order valence-electron chi connectivity index (χ4n) is 2.54. The van der Waals surface area contributed by atoms with Crippen molar-refractivity contribution < 1.29 is 13.9 Å². The van der Waals surface area contributed by atoms with E-state index in [1.165, 1.54) is 30.6 Å². The summed E-state index contributed by atoms with van der Waals surface area (Å²) in [6.07, 6.45) is 0.217. The number of methoxy groups -OCH3 is 1. The average Bonchev–Trinajstić information content (AvgIpc) is 2.76. The molecule has 0 saturated heterocycles. The molecule has 110 valence electrons. The molecule has 0 saturated carbocycles. The second-order valence-electron chi connectivity index (χ2n) is 4.78. The molecule has 1 aromatic carbocycles. The zero-order valence-corrected chi connectivity index (χ0v) is 12.2. The van der Waals surface area contributed by atoms with Crippen molar-refractivity contribution in [1.82, 2.24) is 10.3 Å². The number of ether oxygens (including phenoxy) is 1. The molecule has 3 N–H and O–H groups in total. The number of carbonyl (C=O) groups excluding carboxylic acids is 1. The molecule has 1 aliphatic rings. The highest BCUT2D eigenvalue weighted by molar-refractivity contribution is 7.15. The van der Waals surface area contributed by atoms with Crippen molar-refractivity contribution >= 4 is 22.4 Å². The van der Waals surface area contributed by atoms with Gasteiger partial charge in [0, 0.05) is 22.8 Å². The molecule has 1 unspecified atom stereocenters. The normalized spacial score (nSPS) is 17.8. The van der Waals surface area contributed by atoms with Crippen LogP contribution in [-0.4, -0.2) is 18.0 Å². The summed E-state index contributed by atoms with van der Waals surface area (Å²) in [5.74, 6) is -0.221. The van der Waals surface area contributed by atoms with E-state index in [0.29, 0.717) is 23.0 Å². The van der Waals surface area contributed by atoms with E-state index in [1.807, 2.05) is 0 Å². The predicted molar refractivity (Wildman–Crippen MR) is 77.8 cm³/mol. The van der Waals surface area contributed by atoms with Gasteiger partial charge in [0.1, 0.15) is 11.6 Å². The SMILES string of the molecule is COc1ccc(F)cc1C1CC(=O)NCc2nc(N)sc21. The first-order valence-electron chi connectivity index (χ1n) is 6.43. The molecule has 0 aliphatic carbocycles. The Hall–Kier alpha value is -2.15. The number of aromatic nitrogens is 1. The predicted octanol–water partition coefficient (Wildman–Crippen LogP) is 2.02. The molecule has 0 spiro atoms. The van der Waals surface area contributed by atoms with Crippen LogP contribution in [0.3, 0.4) is 0 Å². The van der Waals surface area contributed by atoms with Crippen LogP contribution in [0.5, 0.6) is 5.75 Å². The van der Waals surface area contributed by atoms with Gasteiger partial charge in [-0.2, -0.15) is 0 Å². The summed E-state index contributed by atoms with van der Waals surface area (Å²) in [4.78, 5) is 17.0. The smallest absolute Gasteiger partial charge is 0.221 e. The molecule has 0 bridgehead atoms. The minimum Gasteiger partial charge on any atom is -0.496 e. The van der Waals surface area contributed by atoms with Crippen molar-refractivity contribution in [1.29, 1.82) is 0 Å². The second kappa shape index (κ2) is 5.33. The summed E-state index contributed by atoms with van der Waals surface area (Å²) in [6.45, 7) is 0.343. The molecule has 1 aromatic heterocycles. The van der Waals surface area contributed by atoms with Gasteiger partial charge in [0.25, 0.3) is 0 Å². The Kier molecular flexibility index (Phi) is 3.50. The van der Waals surface area contributed by atoms with E-state index in [0.717, 1.165) is 10.6 Å². The van der Waals surface area contributed by atoms with Gasteiger partial charge in [0.05, 0.1) is 19.3 Å². The number of nitrogen functional groups attached to an aromatic ring is 1. The Labute approximate surface area is 124 Å². The zero-order chi connectivity index (χ0) is 15.0. The van der Waals surface area contributed by atoms with Crippen LogP contribution >= 0.6 is 11.3 Å². The van der Waals surface area contributed by atoms with E-state index < -0.39 is 0 Å². The molecule has 2 aromatic rings. The van der Waals surface area contributed by atoms with Gasteiger partial charge >= 0.3 is 0 Å². The Morgan fingerprint density at radius 3 is 3.10 bits per heavy atom. The van der Waals surface area contributed by atoms with Crippen LogP contribution in [0.25, 0.3) is 0 Å². The van der Waals surface area contributed by atoms with Gasteiger partial charge in [0.2, 0.25) is 5.91 Å². The number of fused-ring (bicyclic) bond motifs is 1. The standard InChI is InChI=1S/C14H14FN3O2S/c1-20-11-3-2-7(15)4-8(11)9-5-12(19)17-6-10-13(9)21-14(16)18-10/h2-4,9H,5-6H2,1H3,(H2,16,18)(H,17,19). The molecule has 2 heterocycles. The van der Waals surface area contributed by atoms with E-state index in [-0.39, 0.29) is 24.1 Å². The molecular formula is C14H14FN3O2S. The number of thiazole rings is 1. The number of hydrogen-bond donors (Lipinski definition) is 2. The lowest BCUT2D eigenvalue weighted by Crippen LogP contribution is -2.21. The Morgan fingerprint density at radius 1 is 1.52 bits per heavy atom. The first-order chi connectivity index (χ1) is 10.1. The third kappa shape index (κ3) is 2.56. The first kappa shape index (κ1) is 13.8. The van der Waals surface area contributed by atoms with Gasteiger partial charge in [-0.15, -0.1) is 11.3 Å². The summed E-state index contributed by atoms with van der Waals surface area (Å²) >= 11 is 1.33. The molecule has 21 heavy (non-hydrogen) atoms. The number of benzene rings is 1. The Balaban J connectivity index is 2.15. The lowest BCUT2D eigenvalue weighted by atomic mass is 9.92. The lowest BCUT2D eigenvalue weighted by molar-refractivity contribution is -0.121. The van der Waals surface area contributed by atoms with Crippen molar-refractivity contribution in [2.24, 2.45) is 0 Å². The van der Waals surface area contributed by atoms with Gasteiger partial charge in [-0.3, -0.25) is 4.79 Å². The van der Waals surface area contributed by atoms with Gasteiger partial charge in [-0.05, 0) is 18.2 Å². The van der Waals surface area contributed by atoms with E-state index in [9.17, 15) is 9.18 Å². The van der Waals surface area contributed by atoms with Gasteiger partial charge in [-0.1, -0.05) is 0 Å². The quantitative estimate of drug-likeness (QED) is 0.890. The molecule has 0 fully saturated rings. The third-order valence-corrected chi connectivity index (χ3v) is 4.51. The molecule has 7 heteroatoms. The third-order valence-electron chi connectivity index (χ3n) is 3.47. The average molecular weight is 307 g/mol. The van der Waals surface area contributed by atoms with Crippen molar-refractivity contribution in [3.05, 3.63) is 40.2 Å². The van der Waals surface area contributed by atoms with Gasteiger partial charge < -0.3 is 15.8 Å². The van der Waals surface area contributed by atoms with Crippen molar-refractivity contribution in [2.75, 3.05) is 12.8 Å². The van der Waals surface area contributed by atoms with E-state index in [2.05, 4.69) is 10.3 Å². The highest BCUT2D eigenvalue weighted by atomic mass is 32.1. The second-order valence-corrected chi connectivity index (χ2v) is 5.84. The van der Waals surface area contributed by atoms with Crippen molar-refractivity contribution in [3.63, 3.8) is 0 Å². The monoisotopic (exact) mass is 307 g/mol. The fourth-order valence-corrected chi connectivity index (χ4v) is 3.51. The summed E-state index contributed by atoms with van der Waals surface area (Å²) < 4.78 is 18.9. The fraction of sp³-hybridized carbons (Fsp3) is 0.286. The number of amides is 1. The van der Waals surface area contributed by atoms with Crippen molar-refractivity contribution in [2.45, 2.75) is 18.9 Å². The van der Waals surface area contributed by atoms with Gasteiger partial charge in [-0.25, -0.2) is 9.37 Å². The number of halogens is 1. The number of carbonyl (C=O) groups is 1. The molecule has 1 aliphatic heterocycles. The van der Waals surface area contributed by atoms with Gasteiger partial charge in [0.15, 0.2) is 5.13 Å². The van der Waals surface area contributed by atoms with Crippen molar-refractivity contribution in [3.8, 4) is 5.75 Å². The zero-order valence-electron chi connectivity index (χ0n) is 11.4. The summed E-state index contributed by atoms with van der Waals surface area (Å²) in [6, 6.07) is 4.31. The molecule has 0 radical (unpaired) electrons. The summed E-state index contributed by atoms with van der Waals surface area (Å²) in [5, 5.41) is 3.22. The first-order valence-corrected chi connectivity index (χ1v) is 7.25. The van der Waals surface area contributed by atoms with E-state index in [4.69, 9.17) is 10.5 Å². The maximum Gasteiger partial charge on any atom is 0.221 e. The topological polar surface area (TPSA) is 77.2 Å².